The SMILES string of the molecule is C=CC1CC(C(=O)OC)(C(=O)OC)C=C1C(C)C. The molecule has 0 aliphatic heterocycles. The summed E-state index contributed by atoms with van der Waals surface area (Å²) < 4.78 is 9.53. The Bertz CT molecular complexity index is 377. The van der Waals surface area contributed by atoms with Crippen LogP contribution in [0.25, 0.3) is 0 Å². The van der Waals surface area contributed by atoms with Crippen molar-refractivity contribution in [3.63, 3.8) is 0 Å². The molecule has 0 aromatic heterocycles. The maximum Gasteiger partial charge on any atom is 0.327 e. The maximum atomic E-state index is 12.0. The Balaban J connectivity index is 3.27. The quantitative estimate of drug-likeness (QED) is 0.437. The molecule has 0 bridgehead atoms. The summed E-state index contributed by atoms with van der Waals surface area (Å²) in [6.07, 6.45) is 3.80. The van der Waals surface area contributed by atoms with Gasteiger partial charge in [-0.05, 0) is 18.3 Å². The molecule has 0 radical (unpaired) electrons. The van der Waals surface area contributed by atoms with E-state index in [1.54, 1.807) is 12.2 Å². The highest BCUT2D eigenvalue weighted by atomic mass is 16.5. The highest BCUT2D eigenvalue weighted by Gasteiger charge is 2.52. The summed E-state index contributed by atoms with van der Waals surface area (Å²) >= 11 is 0. The van der Waals surface area contributed by atoms with Gasteiger partial charge >= 0.3 is 11.9 Å². The van der Waals surface area contributed by atoms with Crippen LogP contribution in [0.5, 0.6) is 0 Å². The average molecular weight is 252 g/mol. The van der Waals surface area contributed by atoms with Crippen molar-refractivity contribution in [2.75, 3.05) is 14.2 Å². The van der Waals surface area contributed by atoms with Crippen LogP contribution in [0.4, 0.5) is 0 Å². The summed E-state index contributed by atoms with van der Waals surface area (Å²) in [5, 5.41) is 0. The monoisotopic (exact) mass is 252 g/mol. The van der Waals surface area contributed by atoms with Crippen LogP contribution in [0.15, 0.2) is 24.3 Å². The number of hydrogen-bond acceptors (Lipinski definition) is 4. The first-order valence-electron chi connectivity index (χ1n) is 5.95. The Hall–Kier alpha value is -1.58. The minimum absolute atomic E-state index is 0.00296. The van der Waals surface area contributed by atoms with Gasteiger partial charge in [-0.2, -0.15) is 0 Å². The van der Waals surface area contributed by atoms with Gasteiger partial charge < -0.3 is 9.47 Å². The highest BCUT2D eigenvalue weighted by Crippen LogP contribution is 2.45. The lowest BCUT2D eigenvalue weighted by atomic mass is 9.85. The highest BCUT2D eigenvalue weighted by molar-refractivity contribution is 6.03. The Morgan fingerprint density at radius 3 is 2.17 bits per heavy atom. The minimum Gasteiger partial charge on any atom is -0.468 e. The lowest BCUT2D eigenvalue weighted by Crippen LogP contribution is -2.38. The van der Waals surface area contributed by atoms with Crippen LogP contribution in [0.2, 0.25) is 0 Å². The van der Waals surface area contributed by atoms with Crippen molar-refractivity contribution in [3.05, 3.63) is 24.3 Å². The van der Waals surface area contributed by atoms with Crippen LogP contribution in [-0.2, 0) is 19.1 Å². The van der Waals surface area contributed by atoms with Crippen molar-refractivity contribution in [1.82, 2.24) is 0 Å². The smallest absolute Gasteiger partial charge is 0.327 e. The molecular formula is C14H20O4. The third-order valence-corrected chi connectivity index (χ3v) is 3.43. The fraction of sp³-hybridized carbons (Fsp3) is 0.571. The zero-order valence-electron chi connectivity index (χ0n) is 11.4. The molecule has 4 nitrogen and oxygen atoms in total. The number of carbonyl (C=O) groups is 2. The molecular weight excluding hydrogens is 232 g/mol. The average Bonchev–Trinajstić information content (AvgIpc) is 2.77. The first kappa shape index (κ1) is 14.5. The van der Waals surface area contributed by atoms with E-state index in [4.69, 9.17) is 9.47 Å². The summed E-state index contributed by atoms with van der Waals surface area (Å²) in [6, 6.07) is 0. The Morgan fingerprint density at radius 1 is 1.39 bits per heavy atom. The van der Waals surface area contributed by atoms with Gasteiger partial charge in [0, 0.05) is 0 Å². The topological polar surface area (TPSA) is 52.6 Å². The molecule has 4 heteroatoms. The summed E-state index contributed by atoms with van der Waals surface area (Å²) in [6.45, 7) is 7.81. The molecule has 1 atom stereocenters. The van der Waals surface area contributed by atoms with E-state index in [-0.39, 0.29) is 11.8 Å². The van der Waals surface area contributed by atoms with E-state index in [2.05, 4.69) is 6.58 Å². The van der Waals surface area contributed by atoms with Crippen molar-refractivity contribution in [2.45, 2.75) is 20.3 Å². The molecule has 1 rings (SSSR count). The fourth-order valence-corrected chi connectivity index (χ4v) is 2.46. The third kappa shape index (κ3) is 2.19. The third-order valence-electron chi connectivity index (χ3n) is 3.43. The van der Waals surface area contributed by atoms with Gasteiger partial charge in [0.05, 0.1) is 14.2 Å². The molecule has 1 aliphatic rings. The number of rotatable bonds is 4. The van der Waals surface area contributed by atoms with Crippen LogP contribution in [0.1, 0.15) is 20.3 Å². The van der Waals surface area contributed by atoms with E-state index in [1.807, 2.05) is 13.8 Å². The summed E-state index contributed by atoms with van der Waals surface area (Å²) in [5.41, 5.74) is -0.289. The number of carbonyl (C=O) groups excluding carboxylic acids is 2. The van der Waals surface area contributed by atoms with E-state index in [0.29, 0.717) is 6.42 Å². The molecule has 0 amide bonds. The fourth-order valence-electron chi connectivity index (χ4n) is 2.46. The molecule has 0 saturated carbocycles. The van der Waals surface area contributed by atoms with Gasteiger partial charge in [-0.25, -0.2) is 0 Å². The van der Waals surface area contributed by atoms with Gasteiger partial charge in [-0.15, -0.1) is 6.58 Å². The molecule has 1 aliphatic carbocycles. The first-order chi connectivity index (χ1) is 8.42. The Labute approximate surface area is 108 Å². The summed E-state index contributed by atoms with van der Waals surface area (Å²) in [5.74, 6) is -0.902. The number of methoxy groups -OCH3 is 2. The second kappa shape index (κ2) is 5.38. The van der Waals surface area contributed by atoms with E-state index in [9.17, 15) is 9.59 Å². The van der Waals surface area contributed by atoms with Crippen molar-refractivity contribution in [2.24, 2.45) is 17.3 Å². The largest absolute Gasteiger partial charge is 0.468 e. The minimum atomic E-state index is -1.32. The molecule has 0 aromatic rings. The number of ether oxygens (including phenoxy) is 2. The second-order valence-electron chi connectivity index (χ2n) is 4.80. The first-order valence-corrected chi connectivity index (χ1v) is 5.95. The summed E-state index contributed by atoms with van der Waals surface area (Å²) in [4.78, 5) is 23.9. The number of hydrogen-bond donors (Lipinski definition) is 0. The van der Waals surface area contributed by atoms with Gasteiger partial charge in [-0.3, -0.25) is 9.59 Å². The van der Waals surface area contributed by atoms with Crippen molar-refractivity contribution in [3.8, 4) is 0 Å². The standard InChI is InChI=1S/C14H20O4/c1-6-10-7-14(12(15)17-4,13(16)18-5)8-11(10)9(2)3/h6,8-10H,1,7H2,2-5H3. The molecule has 0 fully saturated rings. The predicted molar refractivity (Wildman–Crippen MR) is 67.7 cm³/mol. The molecule has 0 aromatic carbocycles. The Morgan fingerprint density at radius 2 is 1.89 bits per heavy atom. The molecule has 0 saturated heterocycles. The van der Waals surface area contributed by atoms with E-state index in [1.165, 1.54) is 14.2 Å². The lowest BCUT2D eigenvalue weighted by Gasteiger charge is -2.21. The molecule has 1 unspecified atom stereocenters. The van der Waals surface area contributed by atoms with Gasteiger partial charge in [0.2, 0.25) is 0 Å². The molecule has 18 heavy (non-hydrogen) atoms. The van der Waals surface area contributed by atoms with Gasteiger partial charge in [-0.1, -0.05) is 31.6 Å². The van der Waals surface area contributed by atoms with Crippen LogP contribution in [-0.4, -0.2) is 26.2 Å². The maximum absolute atomic E-state index is 12.0. The molecule has 0 heterocycles. The van der Waals surface area contributed by atoms with E-state index >= 15 is 0 Å². The van der Waals surface area contributed by atoms with Crippen LogP contribution in [0.3, 0.4) is 0 Å². The molecule has 0 spiro atoms. The van der Waals surface area contributed by atoms with Crippen molar-refractivity contribution in [1.29, 1.82) is 0 Å². The van der Waals surface area contributed by atoms with Gasteiger partial charge in [0.15, 0.2) is 5.41 Å². The van der Waals surface area contributed by atoms with E-state index < -0.39 is 17.4 Å². The zero-order valence-corrected chi connectivity index (χ0v) is 11.4. The normalized spacial score (nSPS) is 21.4. The number of allylic oxidation sites excluding steroid dienone is 2. The lowest BCUT2D eigenvalue weighted by molar-refractivity contribution is -0.165. The number of esters is 2. The second-order valence-corrected chi connectivity index (χ2v) is 4.80. The van der Waals surface area contributed by atoms with Crippen molar-refractivity contribution < 1.29 is 19.1 Å². The van der Waals surface area contributed by atoms with E-state index in [0.717, 1.165) is 5.57 Å². The zero-order chi connectivity index (χ0) is 13.9. The van der Waals surface area contributed by atoms with Gasteiger partial charge in [0.25, 0.3) is 0 Å². The van der Waals surface area contributed by atoms with Crippen LogP contribution >= 0.6 is 0 Å². The molecule has 0 N–H and O–H groups in total. The van der Waals surface area contributed by atoms with Gasteiger partial charge in [0.1, 0.15) is 0 Å². The van der Waals surface area contributed by atoms with Crippen LogP contribution < -0.4 is 0 Å². The van der Waals surface area contributed by atoms with Crippen molar-refractivity contribution >= 4 is 11.9 Å². The Kier molecular flexibility index (Phi) is 4.33. The molecule has 100 valence electrons. The predicted octanol–water partition coefficient (Wildman–Crippen LogP) is 2.11. The summed E-state index contributed by atoms with van der Waals surface area (Å²) in [7, 11) is 2.55. The van der Waals surface area contributed by atoms with Crippen LogP contribution in [0, 0.1) is 17.3 Å².